The fourth-order valence-corrected chi connectivity index (χ4v) is 1.57. The van der Waals surface area contributed by atoms with Crippen LogP contribution in [0.2, 0.25) is 0 Å². The van der Waals surface area contributed by atoms with Gasteiger partial charge in [0.2, 0.25) is 0 Å². The smallest absolute Gasteiger partial charge is 0.165 e. The lowest BCUT2D eigenvalue weighted by Gasteiger charge is -2.08. The highest BCUT2D eigenvalue weighted by molar-refractivity contribution is 5.29. The van der Waals surface area contributed by atoms with E-state index in [1.165, 1.54) is 18.9 Å². The van der Waals surface area contributed by atoms with Gasteiger partial charge in [0.15, 0.2) is 11.6 Å². The molecule has 1 aromatic rings. The molecule has 0 atom stereocenters. The summed E-state index contributed by atoms with van der Waals surface area (Å²) in [5, 5.41) is 11.9. The van der Waals surface area contributed by atoms with E-state index in [9.17, 15) is 4.39 Å². The SMILES string of the molecule is OCCCOc1ccc(CNC2CC2)cc1F. The van der Waals surface area contributed by atoms with Crippen LogP contribution >= 0.6 is 0 Å². The Bertz CT molecular complexity index is 366. The topological polar surface area (TPSA) is 41.5 Å². The summed E-state index contributed by atoms with van der Waals surface area (Å²) in [5.74, 6) is -0.0772. The Morgan fingerprint density at radius 1 is 1.41 bits per heavy atom. The zero-order chi connectivity index (χ0) is 12.1. The number of aliphatic hydroxyl groups excluding tert-OH is 1. The summed E-state index contributed by atoms with van der Waals surface area (Å²) in [6.07, 6.45) is 2.97. The first kappa shape index (κ1) is 12.3. The molecule has 1 aliphatic carbocycles. The number of benzene rings is 1. The molecule has 2 N–H and O–H groups in total. The first-order chi connectivity index (χ1) is 8.29. The third-order valence-corrected chi connectivity index (χ3v) is 2.73. The van der Waals surface area contributed by atoms with Crippen LogP contribution in [0.4, 0.5) is 4.39 Å². The Kier molecular flexibility index (Phi) is 4.34. The lowest BCUT2D eigenvalue weighted by Crippen LogP contribution is -2.15. The van der Waals surface area contributed by atoms with E-state index in [1.54, 1.807) is 6.07 Å². The number of nitrogens with one attached hydrogen (secondary N) is 1. The minimum absolute atomic E-state index is 0.0605. The second kappa shape index (κ2) is 5.98. The first-order valence-corrected chi connectivity index (χ1v) is 6.05. The fourth-order valence-electron chi connectivity index (χ4n) is 1.57. The zero-order valence-corrected chi connectivity index (χ0v) is 9.79. The summed E-state index contributed by atoms with van der Waals surface area (Å²) < 4.78 is 18.8. The predicted octanol–water partition coefficient (Wildman–Crippen LogP) is 1.84. The second-order valence-corrected chi connectivity index (χ2v) is 4.35. The molecule has 0 aromatic heterocycles. The van der Waals surface area contributed by atoms with E-state index in [-0.39, 0.29) is 18.2 Å². The van der Waals surface area contributed by atoms with Crippen LogP contribution in [-0.4, -0.2) is 24.4 Å². The van der Waals surface area contributed by atoms with Crippen LogP contribution in [0.25, 0.3) is 0 Å². The van der Waals surface area contributed by atoms with Crippen LogP contribution in [0.5, 0.6) is 5.75 Å². The molecular weight excluding hydrogens is 221 g/mol. The molecule has 4 heteroatoms. The fraction of sp³-hybridized carbons (Fsp3) is 0.538. The van der Waals surface area contributed by atoms with Crippen molar-refractivity contribution < 1.29 is 14.2 Å². The van der Waals surface area contributed by atoms with Crippen molar-refractivity contribution in [1.29, 1.82) is 0 Å². The van der Waals surface area contributed by atoms with Crippen molar-refractivity contribution in [2.24, 2.45) is 0 Å². The van der Waals surface area contributed by atoms with Crippen molar-refractivity contribution in [3.05, 3.63) is 29.6 Å². The molecule has 1 fully saturated rings. The number of hydrogen-bond acceptors (Lipinski definition) is 3. The monoisotopic (exact) mass is 239 g/mol. The number of hydrogen-bond donors (Lipinski definition) is 2. The third-order valence-electron chi connectivity index (χ3n) is 2.73. The van der Waals surface area contributed by atoms with E-state index < -0.39 is 0 Å². The normalized spacial score (nSPS) is 14.9. The van der Waals surface area contributed by atoms with Gasteiger partial charge in [0.1, 0.15) is 0 Å². The quantitative estimate of drug-likeness (QED) is 0.713. The number of rotatable bonds is 7. The maximum atomic E-state index is 13.6. The van der Waals surface area contributed by atoms with E-state index in [0.717, 1.165) is 5.56 Å². The molecule has 0 aliphatic heterocycles. The standard InChI is InChI=1S/C13H18FNO2/c14-12-8-10(9-15-11-3-4-11)2-5-13(12)17-7-1-6-16/h2,5,8,11,15-16H,1,3-4,6-7,9H2. The Morgan fingerprint density at radius 2 is 2.24 bits per heavy atom. The highest BCUT2D eigenvalue weighted by Gasteiger charge is 2.20. The van der Waals surface area contributed by atoms with E-state index in [1.807, 2.05) is 6.07 Å². The van der Waals surface area contributed by atoms with Crippen LogP contribution < -0.4 is 10.1 Å². The Morgan fingerprint density at radius 3 is 2.88 bits per heavy atom. The van der Waals surface area contributed by atoms with Crippen molar-refractivity contribution >= 4 is 0 Å². The van der Waals surface area contributed by atoms with Gasteiger partial charge in [0, 0.05) is 25.6 Å². The molecule has 0 amide bonds. The van der Waals surface area contributed by atoms with Crippen molar-refractivity contribution in [3.63, 3.8) is 0 Å². The van der Waals surface area contributed by atoms with Gasteiger partial charge in [-0.2, -0.15) is 0 Å². The van der Waals surface area contributed by atoms with Gasteiger partial charge in [0.25, 0.3) is 0 Å². The highest BCUT2D eigenvalue weighted by Crippen LogP contribution is 2.21. The third kappa shape index (κ3) is 3.98. The molecule has 0 saturated heterocycles. The summed E-state index contributed by atoms with van der Waals surface area (Å²) >= 11 is 0. The molecule has 1 aromatic carbocycles. The highest BCUT2D eigenvalue weighted by atomic mass is 19.1. The molecule has 1 aliphatic rings. The summed E-state index contributed by atoms with van der Waals surface area (Å²) in [6.45, 7) is 1.11. The minimum atomic E-state index is -0.335. The first-order valence-electron chi connectivity index (χ1n) is 6.05. The summed E-state index contributed by atoms with van der Waals surface area (Å²) in [7, 11) is 0. The van der Waals surface area contributed by atoms with Gasteiger partial charge in [-0.3, -0.25) is 0 Å². The van der Waals surface area contributed by atoms with Crippen molar-refractivity contribution in [3.8, 4) is 5.75 Å². The van der Waals surface area contributed by atoms with E-state index in [0.29, 0.717) is 25.6 Å². The Balaban J connectivity index is 1.85. The average Bonchev–Trinajstić information content (AvgIpc) is 3.13. The lowest BCUT2D eigenvalue weighted by molar-refractivity contribution is 0.228. The van der Waals surface area contributed by atoms with E-state index >= 15 is 0 Å². The van der Waals surface area contributed by atoms with Gasteiger partial charge in [-0.25, -0.2) is 4.39 Å². The van der Waals surface area contributed by atoms with Gasteiger partial charge >= 0.3 is 0 Å². The number of halogens is 1. The van der Waals surface area contributed by atoms with Gasteiger partial charge < -0.3 is 15.2 Å². The van der Waals surface area contributed by atoms with Gasteiger partial charge in [0.05, 0.1) is 6.61 Å². The van der Waals surface area contributed by atoms with Crippen LogP contribution in [0.3, 0.4) is 0 Å². The molecule has 94 valence electrons. The molecule has 0 heterocycles. The Labute approximate surface area is 101 Å². The summed E-state index contributed by atoms with van der Waals surface area (Å²) in [5.41, 5.74) is 0.934. The van der Waals surface area contributed by atoms with E-state index in [4.69, 9.17) is 9.84 Å². The number of aliphatic hydroxyl groups is 1. The molecule has 3 nitrogen and oxygen atoms in total. The van der Waals surface area contributed by atoms with Crippen LogP contribution in [0.15, 0.2) is 18.2 Å². The van der Waals surface area contributed by atoms with Gasteiger partial charge in [-0.1, -0.05) is 6.07 Å². The second-order valence-electron chi connectivity index (χ2n) is 4.35. The maximum absolute atomic E-state index is 13.6. The van der Waals surface area contributed by atoms with Crippen LogP contribution in [0.1, 0.15) is 24.8 Å². The van der Waals surface area contributed by atoms with Gasteiger partial charge in [-0.05, 0) is 30.5 Å². The molecule has 2 rings (SSSR count). The summed E-state index contributed by atoms with van der Waals surface area (Å²) in [6, 6.07) is 5.64. The largest absolute Gasteiger partial charge is 0.490 e. The molecular formula is C13H18FNO2. The van der Waals surface area contributed by atoms with Crippen LogP contribution in [0, 0.1) is 5.82 Å². The molecule has 0 radical (unpaired) electrons. The maximum Gasteiger partial charge on any atom is 0.165 e. The van der Waals surface area contributed by atoms with E-state index in [2.05, 4.69) is 5.32 Å². The van der Waals surface area contributed by atoms with Crippen molar-refractivity contribution in [2.45, 2.75) is 31.8 Å². The van der Waals surface area contributed by atoms with Gasteiger partial charge in [-0.15, -0.1) is 0 Å². The molecule has 1 saturated carbocycles. The predicted molar refractivity (Wildman–Crippen MR) is 63.5 cm³/mol. The molecule has 0 bridgehead atoms. The average molecular weight is 239 g/mol. The lowest BCUT2D eigenvalue weighted by atomic mass is 10.2. The van der Waals surface area contributed by atoms with Crippen molar-refractivity contribution in [1.82, 2.24) is 5.32 Å². The summed E-state index contributed by atoms with van der Waals surface area (Å²) in [4.78, 5) is 0. The minimum Gasteiger partial charge on any atom is -0.490 e. The molecule has 0 spiro atoms. The Hall–Kier alpha value is -1.13. The molecule has 17 heavy (non-hydrogen) atoms. The van der Waals surface area contributed by atoms with Crippen molar-refractivity contribution in [2.75, 3.05) is 13.2 Å². The zero-order valence-electron chi connectivity index (χ0n) is 9.79. The number of ether oxygens (including phenoxy) is 1. The van der Waals surface area contributed by atoms with Crippen LogP contribution in [-0.2, 0) is 6.54 Å². The molecule has 0 unspecified atom stereocenters.